The van der Waals surface area contributed by atoms with Crippen molar-refractivity contribution in [1.29, 1.82) is 0 Å². The van der Waals surface area contributed by atoms with E-state index in [0.29, 0.717) is 17.9 Å². The quantitative estimate of drug-likeness (QED) is 0.819. The van der Waals surface area contributed by atoms with Gasteiger partial charge in [-0.05, 0) is 32.1 Å². The first-order valence-electron chi connectivity index (χ1n) is 7.27. The Morgan fingerprint density at radius 2 is 1.94 bits per heavy atom. The fraction of sp³-hybridized carbons (Fsp3) is 0.929. The molecule has 1 amide bonds. The van der Waals surface area contributed by atoms with E-state index in [4.69, 9.17) is 0 Å². The van der Waals surface area contributed by atoms with Crippen LogP contribution in [0.3, 0.4) is 0 Å². The van der Waals surface area contributed by atoms with Gasteiger partial charge in [-0.2, -0.15) is 0 Å². The summed E-state index contributed by atoms with van der Waals surface area (Å²) in [4.78, 5) is 14.5. The van der Waals surface area contributed by atoms with Crippen LogP contribution in [0.5, 0.6) is 0 Å². The number of carbonyl (C=O) groups excluding carboxylic acids is 1. The van der Waals surface area contributed by atoms with Crippen LogP contribution in [-0.4, -0.2) is 29.1 Å². The van der Waals surface area contributed by atoms with E-state index in [1.807, 2.05) is 6.92 Å². The van der Waals surface area contributed by atoms with Crippen LogP contribution in [0.15, 0.2) is 0 Å². The summed E-state index contributed by atoms with van der Waals surface area (Å²) in [5.41, 5.74) is 0. The normalized spacial score (nSPS) is 38.8. The van der Waals surface area contributed by atoms with Crippen molar-refractivity contribution in [2.24, 2.45) is 5.92 Å². The summed E-state index contributed by atoms with van der Waals surface area (Å²) >= 11 is 0. The average molecular weight is 238 g/mol. The number of nitrogens with zero attached hydrogens (tertiary/aromatic N) is 1. The number of hydrogen-bond acceptors (Lipinski definition) is 2. The molecule has 1 N–H and O–H groups in total. The zero-order chi connectivity index (χ0) is 12.4. The van der Waals surface area contributed by atoms with Crippen molar-refractivity contribution in [3.63, 3.8) is 0 Å². The van der Waals surface area contributed by atoms with Crippen molar-refractivity contribution >= 4 is 5.91 Å². The van der Waals surface area contributed by atoms with Gasteiger partial charge in [0.05, 0.1) is 12.2 Å². The Hall–Kier alpha value is -0.570. The fourth-order valence-electron chi connectivity index (χ4n) is 3.56. The van der Waals surface area contributed by atoms with Gasteiger partial charge in [-0.1, -0.05) is 33.1 Å². The Bertz CT molecular complexity index is 279. The predicted octanol–water partition coefficient (Wildman–Crippen LogP) is 2.51. The number of amides is 1. The van der Waals surface area contributed by atoms with Gasteiger partial charge in [-0.3, -0.25) is 10.1 Å². The molecule has 0 radical (unpaired) electrons. The first kappa shape index (κ1) is 12.9. The van der Waals surface area contributed by atoms with E-state index in [0.717, 1.165) is 6.42 Å². The molecule has 1 heterocycles. The zero-order valence-electron chi connectivity index (χ0n) is 11.4. The van der Waals surface area contributed by atoms with Crippen molar-refractivity contribution in [3.05, 3.63) is 0 Å². The summed E-state index contributed by atoms with van der Waals surface area (Å²) in [5, 5.41) is 3.42. The Morgan fingerprint density at radius 1 is 1.24 bits per heavy atom. The molecule has 2 fully saturated rings. The van der Waals surface area contributed by atoms with Gasteiger partial charge in [-0.25, -0.2) is 0 Å². The standard InChI is InChI=1S/C14H26N2O/c1-4-11-8-6-7-9-12(11)16-13(5-2)15-10(3)14(16)17/h10-13,15H,4-9H2,1-3H3. The topological polar surface area (TPSA) is 32.3 Å². The van der Waals surface area contributed by atoms with Crippen LogP contribution in [0.25, 0.3) is 0 Å². The van der Waals surface area contributed by atoms with Crippen LogP contribution in [0.4, 0.5) is 0 Å². The minimum atomic E-state index is 0.0133. The van der Waals surface area contributed by atoms with Crippen LogP contribution in [0.1, 0.15) is 59.3 Å². The third kappa shape index (κ3) is 2.35. The van der Waals surface area contributed by atoms with Gasteiger partial charge in [0.2, 0.25) is 5.91 Å². The summed E-state index contributed by atoms with van der Waals surface area (Å²) in [6.07, 6.45) is 7.63. The van der Waals surface area contributed by atoms with E-state index < -0.39 is 0 Å². The van der Waals surface area contributed by atoms with Crippen LogP contribution >= 0.6 is 0 Å². The number of hydrogen-bond donors (Lipinski definition) is 1. The predicted molar refractivity (Wildman–Crippen MR) is 69.6 cm³/mol. The van der Waals surface area contributed by atoms with Gasteiger partial charge in [-0.15, -0.1) is 0 Å². The van der Waals surface area contributed by atoms with Crippen molar-refractivity contribution in [1.82, 2.24) is 10.2 Å². The maximum absolute atomic E-state index is 12.3. The molecule has 0 bridgehead atoms. The second-order valence-electron chi connectivity index (χ2n) is 5.58. The van der Waals surface area contributed by atoms with Gasteiger partial charge in [0.25, 0.3) is 0 Å². The Balaban J connectivity index is 2.15. The van der Waals surface area contributed by atoms with Crippen molar-refractivity contribution < 1.29 is 4.79 Å². The first-order valence-corrected chi connectivity index (χ1v) is 7.27. The smallest absolute Gasteiger partial charge is 0.240 e. The SMILES string of the molecule is CCC1CCCCC1N1C(=O)C(C)NC1CC. The monoisotopic (exact) mass is 238 g/mol. The average Bonchev–Trinajstić information content (AvgIpc) is 2.65. The highest BCUT2D eigenvalue weighted by molar-refractivity contribution is 5.84. The molecule has 2 aliphatic rings. The molecule has 0 aromatic carbocycles. The van der Waals surface area contributed by atoms with E-state index in [-0.39, 0.29) is 12.2 Å². The second-order valence-corrected chi connectivity index (χ2v) is 5.58. The minimum Gasteiger partial charge on any atom is -0.323 e. The van der Waals surface area contributed by atoms with Crippen LogP contribution < -0.4 is 5.32 Å². The number of rotatable bonds is 3. The van der Waals surface area contributed by atoms with Gasteiger partial charge in [0.15, 0.2) is 0 Å². The lowest BCUT2D eigenvalue weighted by Crippen LogP contribution is -2.48. The van der Waals surface area contributed by atoms with E-state index in [1.165, 1.54) is 32.1 Å². The molecule has 4 atom stereocenters. The van der Waals surface area contributed by atoms with E-state index in [1.54, 1.807) is 0 Å². The van der Waals surface area contributed by atoms with Crippen molar-refractivity contribution in [2.45, 2.75) is 77.5 Å². The van der Waals surface area contributed by atoms with Crippen LogP contribution in [0.2, 0.25) is 0 Å². The van der Waals surface area contributed by atoms with E-state index >= 15 is 0 Å². The minimum absolute atomic E-state index is 0.0133. The second kappa shape index (κ2) is 5.38. The molecule has 0 aromatic heterocycles. The van der Waals surface area contributed by atoms with E-state index in [2.05, 4.69) is 24.1 Å². The summed E-state index contributed by atoms with van der Waals surface area (Å²) in [5.74, 6) is 1.04. The van der Waals surface area contributed by atoms with Gasteiger partial charge < -0.3 is 4.90 Å². The first-order chi connectivity index (χ1) is 8.19. The molecule has 1 aliphatic heterocycles. The summed E-state index contributed by atoms with van der Waals surface area (Å²) in [6, 6.07) is 0.503. The molecular formula is C14H26N2O. The maximum atomic E-state index is 12.3. The van der Waals surface area contributed by atoms with E-state index in [9.17, 15) is 4.79 Å². The number of carbonyl (C=O) groups is 1. The highest BCUT2D eigenvalue weighted by Gasteiger charge is 2.42. The largest absolute Gasteiger partial charge is 0.323 e. The van der Waals surface area contributed by atoms with Crippen LogP contribution in [0, 0.1) is 5.92 Å². The van der Waals surface area contributed by atoms with Gasteiger partial charge >= 0.3 is 0 Å². The fourth-order valence-corrected chi connectivity index (χ4v) is 3.56. The highest BCUT2D eigenvalue weighted by atomic mass is 16.2. The van der Waals surface area contributed by atoms with Crippen LogP contribution in [-0.2, 0) is 4.79 Å². The molecule has 3 heteroatoms. The lowest BCUT2D eigenvalue weighted by molar-refractivity contribution is -0.134. The third-order valence-corrected chi connectivity index (χ3v) is 4.54. The molecular weight excluding hydrogens is 212 g/mol. The summed E-state index contributed by atoms with van der Waals surface area (Å²) in [6.45, 7) is 6.43. The molecule has 1 saturated heterocycles. The molecule has 1 saturated carbocycles. The highest BCUT2D eigenvalue weighted by Crippen LogP contribution is 2.33. The Kier molecular flexibility index (Phi) is 4.08. The zero-order valence-corrected chi connectivity index (χ0v) is 11.4. The van der Waals surface area contributed by atoms with Crippen molar-refractivity contribution in [3.8, 4) is 0 Å². The molecule has 3 nitrogen and oxygen atoms in total. The lowest BCUT2D eigenvalue weighted by atomic mass is 9.81. The lowest BCUT2D eigenvalue weighted by Gasteiger charge is -2.40. The molecule has 1 aliphatic carbocycles. The van der Waals surface area contributed by atoms with Crippen molar-refractivity contribution in [2.75, 3.05) is 0 Å². The maximum Gasteiger partial charge on any atom is 0.240 e. The van der Waals surface area contributed by atoms with Gasteiger partial charge in [0, 0.05) is 6.04 Å². The van der Waals surface area contributed by atoms with Gasteiger partial charge in [0.1, 0.15) is 0 Å². The Morgan fingerprint density at radius 3 is 2.59 bits per heavy atom. The Labute approximate surface area is 105 Å². The molecule has 0 aromatic rings. The number of nitrogens with one attached hydrogen (secondary N) is 1. The summed E-state index contributed by atoms with van der Waals surface area (Å²) in [7, 11) is 0. The molecule has 17 heavy (non-hydrogen) atoms. The molecule has 4 unspecified atom stereocenters. The summed E-state index contributed by atoms with van der Waals surface area (Å²) < 4.78 is 0. The molecule has 98 valence electrons. The molecule has 2 rings (SSSR count). The third-order valence-electron chi connectivity index (χ3n) is 4.54. The molecule has 0 spiro atoms.